The molecule has 0 aliphatic carbocycles. The molecule has 0 spiro atoms. The maximum atomic E-state index is 13.6. The number of carboxylic acid groups (broad SMARTS) is 1. The summed E-state index contributed by atoms with van der Waals surface area (Å²) in [6.07, 6.45) is -1.91. The van der Waals surface area contributed by atoms with Gasteiger partial charge in [-0.1, -0.05) is 26.8 Å². The highest BCUT2D eigenvalue weighted by Gasteiger charge is 2.30. The number of carboxylic acids is 1. The first kappa shape index (κ1) is 21.2. The van der Waals surface area contributed by atoms with Crippen LogP contribution in [0.25, 0.3) is 0 Å². The second kappa shape index (κ2) is 8.99. The molecule has 2 N–H and O–H groups in total. The Kier molecular flexibility index (Phi) is 7.60. The van der Waals surface area contributed by atoms with Gasteiger partial charge in [-0.05, 0) is 36.0 Å². The van der Waals surface area contributed by atoms with Crippen LogP contribution in [0.5, 0.6) is 11.5 Å². The lowest BCUT2D eigenvalue weighted by Gasteiger charge is -2.26. The summed E-state index contributed by atoms with van der Waals surface area (Å²) in [4.78, 5) is 11.5. The van der Waals surface area contributed by atoms with Crippen LogP contribution in [0.4, 0.5) is 8.78 Å². The molecule has 0 heterocycles. The molecule has 0 saturated heterocycles. The van der Waals surface area contributed by atoms with E-state index in [4.69, 9.17) is 9.47 Å². The van der Waals surface area contributed by atoms with Crippen LogP contribution in [0, 0.1) is 5.41 Å². The van der Waals surface area contributed by atoms with Crippen molar-refractivity contribution in [1.29, 1.82) is 0 Å². The van der Waals surface area contributed by atoms with Crippen LogP contribution >= 0.6 is 0 Å². The molecular weight excluding hydrogens is 332 g/mol. The largest absolute Gasteiger partial charge is 0.493 e. The normalized spacial score (nSPS) is 14.2. The lowest BCUT2D eigenvalue weighted by molar-refractivity contribution is -0.140. The van der Waals surface area contributed by atoms with E-state index in [1.54, 1.807) is 0 Å². The van der Waals surface area contributed by atoms with Crippen LogP contribution in [0.2, 0.25) is 0 Å². The highest BCUT2D eigenvalue weighted by atomic mass is 19.3. The zero-order valence-electron chi connectivity index (χ0n) is 15.3. The first-order chi connectivity index (χ1) is 11.6. The second-order valence-corrected chi connectivity index (χ2v) is 7.08. The van der Waals surface area contributed by atoms with Gasteiger partial charge in [0.15, 0.2) is 11.5 Å². The summed E-state index contributed by atoms with van der Waals surface area (Å²) in [7, 11) is 2.86. The summed E-state index contributed by atoms with van der Waals surface area (Å²) in [5.41, 5.74) is 0.161. The van der Waals surface area contributed by atoms with Gasteiger partial charge in [-0.25, -0.2) is 8.78 Å². The maximum absolute atomic E-state index is 13.6. The zero-order valence-corrected chi connectivity index (χ0v) is 15.3. The number of aliphatic carboxylic acids is 1. The fraction of sp³-hybridized carbons (Fsp3) is 0.611. The molecule has 25 heavy (non-hydrogen) atoms. The Morgan fingerprint density at radius 1 is 1.20 bits per heavy atom. The smallest absolute Gasteiger partial charge is 0.320 e. The van der Waals surface area contributed by atoms with Gasteiger partial charge in [0.1, 0.15) is 6.04 Å². The van der Waals surface area contributed by atoms with Crippen LogP contribution < -0.4 is 14.8 Å². The van der Waals surface area contributed by atoms with Crippen molar-refractivity contribution in [3.8, 4) is 11.5 Å². The molecular formula is C18H27F2NO4. The number of hydrogen-bond donors (Lipinski definition) is 2. The van der Waals surface area contributed by atoms with Crippen molar-refractivity contribution >= 4 is 5.97 Å². The van der Waals surface area contributed by atoms with Crippen LogP contribution in [0.15, 0.2) is 18.2 Å². The molecule has 1 rings (SSSR count). The molecule has 0 fully saturated rings. The fourth-order valence-corrected chi connectivity index (χ4v) is 2.43. The molecule has 0 aliphatic heterocycles. The van der Waals surface area contributed by atoms with Gasteiger partial charge in [0, 0.05) is 0 Å². The van der Waals surface area contributed by atoms with Crippen LogP contribution in [-0.4, -0.2) is 37.8 Å². The highest BCUT2D eigenvalue weighted by molar-refractivity contribution is 5.73. The minimum atomic E-state index is -2.77. The van der Waals surface area contributed by atoms with Gasteiger partial charge in [-0.15, -0.1) is 0 Å². The van der Waals surface area contributed by atoms with Gasteiger partial charge in [-0.3, -0.25) is 10.1 Å². The van der Waals surface area contributed by atoms with E-state index in [-0.39, 0.29) is 17.4 Å². The average Bonchev–Trinajstić information content (AvgIpc) is 2.52. The first-order valence-electron chi connectivity index (χ1n) is 8.08. The van der Waals surface area contributed by atoms with Crippen molar-refractivity contribution in [2.75, 3.05) is 14.2 Å². The monoisotopic (exact) mass is 359 g/mol. The van der Waals surface area contributed by atoms with E-state index in [9.17, 15) is 18.7 Å². The minimum absolute atomic E-state index is 0.0843. The van der Waals surface area contributed by atoms with E-state index < -0.39 is 24.5 Å². The number of carbonyl (C=O) groups is 1. The Balaban J connectivity index is 3.03. The Hall–Kier alpha value is -1.89. The van der Waals surface area contributed by atoms with Crippen molar-refractivity contribution in [3.63, 3.8) is 0 Å². The van der Waals surface area contributed by atoms with E-state index in [0.717, 1.165) is 0 Å². The van der Waals surface area contributed by atoms with Crippen molar-refractivity contribution < 1.29 is 28.2 Å². The van der Waals surface area contributed by atoms with Crippen LogP contribution in [0.1, 0.15) is 45.2 Å². The van der Waals surface area contributed by atoms with E-state index in [0.29, 0.717) is 17.9 Å². The summed E-state index contributed by atoms with van der Waals surface area (Å²) in [6.45, 7) is 5.93. The van der Waals surface area contributed by atoms with E-state index >= 15 is 0 Å². The summed E-state index contributed by atoms with van der Waals surface area (Å²) >= 11 is 0. The fourth-order valence-electron chi connectivity index (χ4n) is 2.43. The highest BCUT2D eigenvalue weighted by Crippen LogP contribution is 2.32. The quantitative estimate of drug-likeness (QED) is 0.700. The van der Waals surface area contributed by atoms with Crippen molar-refractivity contribution in [3.05, 3.63) is 23.8 Å². The van der Waals surface area contributed by atoms with Gasteiger partial charge >= 0.3 is 5.97 Å². The van der Waals surface area contributed by atoms with Crippen molar-refractivity contribution in [2.45, 2.75) is 52.1 Å². The first-order valence-corrected chi connectivity index (χ1v) is 8.08. The molecule has 7 heteroatoms. The lowest BCUT2D eigenvalue weighted by atomic mass is 9.88. The Morgan fingerprint density at radius 3 is 2.24 bits per heavy atom. The standard InChI is InChI=1S/C18H27F2NO4/c1-18(2,3)9-8-12(17(22)23)21-15(16(19)20)11-6-7-13(24-4)14(10-11)25-5/h6-7,10,12,15-16,21H,8-9H2,1-5H3,(H,22,23). The van der Waals surface area contributed by atoms with Crippen LogP contribution in [-0.2, 0) is 4.79 Å². The number of nitrogens with one attached hydrogen (secondary N) is 1. The summed E-state index contributed by atoms with van der Waals surface area (Å²) in [5, 5.41) is 12.0. The van der Waals surface area contributed by atoms with Gasteiger partial charge in [0.05, 0.1) is 20.3 Å². The number of methoxy groups -OCH3 is 2. The van der Waals surface area contributed by atoms with Gasteiger partial charge in [0.25, 0.3) is 6.43 Å². The van der Waals surface area contributed by atoms with Crippen molar-refractivity contribution in [2.24, 2.45) is 5.41 Å². The number of benzene rings is 1. The molecule has 0 aromatic heterocycles. The molecule has 0 amide bonds. The molecule has 0 aliphatic rings. The lowest BCUT2D eigenvalue weighted by Crippen LogP contribution is -2.42. The zero-order chi connectivity index (χ0) is 19.2. The SMILES string of the molecule is COc1ccc(C(NC(CCC(C)(C)C)C(=O)O)C(F)F)cc1OC. The average molecular weight is 359 g/mol. The predicted octanol–water partition coefficient (Wildman–Crippen LogP) is 3.88. The van der Waals surface area contributed by atoms with Crippen LogP contribution in [0.3, 0.4) is 0 Å². The molecule has 0 radical (unpaired) electrons. The third-order valence-corrected chi connectivity index (χ3v) is 3.88. The number of alkyl halides is 2. The number of halogens is 2. The topological polar surface area (TPSA) is 67.8 Å². The molecule has 1 aromatic rings. The Morgan fingerprint density at radius 2 is 1.80 bits per heavy atom. The molecule has 0 saturated carbocycles. The van der Waals surface area contributed by atoms with Gasteiger partial charge in [-0.2, -0.15) is 0 Å². The second-order valence-electron chi connectivity index (χ2n) is 7.08. The predicted molar refractivity (Wildman–Crippen MR) is 91.5 cm³/mol. The Bertz CT molecular complexity index is 573. The van der Waals surface area contributed by atoms with E-state index in [1.807, 2.05) is 20.8 Å². The maximum Gasteiger partial charge on any atom is 0.320 e. The molecule has 0 bridgehead atoms. The summed E-state index contributed by atoms with van der Waals surface area (Å²) in [5.74, 6) is -0.411. The molecule has 2 unspecified atom stereocenters. The van der Waals surface area contributed by atoms with Gasteiger partial charge < -0.3 is 14.6 Å². The molecule has 1 aromatic carbocycles. The summed E-state index contributed by atoms with van der Waals surface area (Å²) < 4.78 is 37.4. The molecule has 5 nitrogen and oxygen atoms in total. The third-order valence-electron chi connectivity index (χ3n) is 3.88. The van der Waals surface area contributed by atoms with Crippen molar-refractivity contribution in [1.82, 2.24) is 5.32 Å². The third kappa shape index (κ3) is 6.49. The summed E-state index contributed by atoms with van der Waals surface area (Å²) in [6, 6.07) is 1.96. The van der Waals surface area contributed by atoms with Gasteiger partial charge in [0.2, 0.25) is 0 Å². The number of ether oxygens (including phenoxy) is 2. The van der Waals surface area contributed by atoms with E-state index in [2.05, 4.69) is 5.32 Å². The number of hydrogen-bond acceptors (Lipinski definition) is 4. The minimum Gasteiger partial charge on any atom is -0.493 e. The number of rotatable bonds is 9. The van der Waals surface area contributed by atoms with E-state index in [1.165, 1.54) is 32.4 Å². The Labute approximate surface area is 147 Å². The molecule has 142 valence electrons. The molecule has 2 atom stereocenters.